The molecule has 26 heavy (non-hydrogen) atoms. The number of nitrogens with one attached hydrogen (secondary N) is 1. The minimum Gasteiger partial charge on any atom is -0.507 e. The van der Waals surface area contributed by atoms with E-state index >= 15 is 0 Å². The Morgan fingerprint density at radius 3 is 2.65 bits per heavy atom. The molecule has 7 nitrogen and oxygen atoms in total. The number of ether oxygens (including phenoxy) is 2. The van der Waals surface area contributed by atoms with Gasteiger partial charge in [0.1, 0.15) is 11.5 Å². The maximum Gasteiger partial charge on any atom is 0.338 e. The fraction of sp³-hybridized carbons (Fsp3) is 0.167. The SMILES string of the molecule is CCOC(=O)c1ccc(OCC(=O)N/N=C/c2cc(Br)ccc2O)cc1. The second-order valence-electron chi connectivity index (χ2n) is 5.03. The normalized spacial score (nSPS) is 10.5. The van der Waals surface area contributed by atoms with Crippen LogP contribution in [0.2, 0.25) is 0 Å². The number of hydrogen-bond acceptors (Lipinski definition) is 6. The van der Waals surface area contributed by atoms with E-state index < -0.39 is 11.9 Å². The smallest absolute Gasteiger partial charge is 0.338 e. The monoisotopic (exact) mass is 420 g/mol. The lowest BCUT2D eigenvalue weighted by Gasteiger charge is -2.06. The molecule has 2 aromatic carbocycles. The summed E-state index contributed by atoms with van der Waals surface area (Å²) in [5.41, 5.74) is 3.16. The van der Waals surface area contributed by atoms with Crippen LogP contribution in [0.5, 0.6) is 11.5 Å². The first-order valence-electron chi connectivity index (χ1n) is 7.70. The summed E-state index contributed by atoms with van der Waals surface area (Å²) < 4.78 is 11.0. The zero-order chi connectivity index (χ0) is 18.9. The van der Waals surface area contributed by atoms with Gasteiger partial charge in [-0.2, -0.15) is 5.10 Å². The summed E-state index contributed by atoms with van der Waals surface area (Å²) in [5.74, 6) is -0.405. The van der Waals surface area contributed by atoms with Crippen molar-refractivity contribution in [1.29, 1.82) is 0 Å². The van der Waals surface area contributed by atoms with Crippen LogP contribution in [0.3, 0.4) is 0 Å². The van der Waals surface area contributed by atoms with E-state index in [1.54, 1.807) is 43.3 Å². The standard InChI is InChI=1S/C18H17BrN2O5/c1-2-25-18(24)12-3-6-15(7-4-12)26-11-17(23)21-20-10-13-9-14(19)5-8-16(13)22/h3-10,22H,2,11H2,1H3,(H,21,23)/b20-10+. The number of nitrogens with zero attached hydrogens (tertiary/aromatic N) is 1. The van der Waals surface area contributed by atoms with Gasteiger partial charge in [-0.25, -0.2) is 10.2 Å². The average Bonchev–Trinajstić information content (AvgIpc) is 2.63. The molecule has 0 atom stereocenters. The Balaban J connectivity index is 1.82. The molecular formula is C18H17BrN2O5. The van der Waals surface area contributed by atoms with Gasteiger partial charge in [0, 0.05) is 10.0 Å². The zero-order valence-corrected chi connectivity index (χ0v) is 15.5. The molecule has 2 rings (SSSR count). The van der Waals surface area contributed by atoms with Crippen LogP contribution in [0.25, 0.3) is 0 Å². The summed E-state index contributed by atoms with van der Waals surface area (Å²) in [7, 11) is 0. The molecule has 0 unspecified atom stereocenters. The molecule has 0 saturated heterocycles. The molecule has 8 heteroatoms. The summed E-state index contributed by atoms with van der Waals surface area (Å²) in [6.45, 7) is 1.78. The van der Waals surface area contributed by atoms with Crippen LogP contribution < -0.4 is 10.2 Å². The molecule has 0 fully saturated rings. The van der Waals surface area contributed by atoms with Crippen LogP contribution in [0.4, 0.5) is 0 Å². The van der Waals surface area contributed by atoms with Gasteiger partial charge in [-0.15, -0.1) is 0 Å². The molecule has 0 saturated carbocycles. The van der Waals surface area contributed by atoms with Crippen LogP contribution in [0, 0.1) is 0 Å². The van der Waals surface area contributed by atoms with E-state index in [9.17, 15) is 14.7 Å². The number of halogens is 1. The Hall–Kier alpha value is -2.87. The maximum absolute atomic E-state index is 11.7. The number of aromatic hydroxyl groups is 1. The molecule has 0 aliphatic heterocycles. The highest BCUT2D eigenvalue weighted by Crippen LogP contribution is 2.19. The number of amides is 1. The topological polar surface area (TPSA) is 97.2 Å². The van der Waals surface area contributed by atoms with Gasteiger partial charge in [-0.05, 0) is 49.4 Å². The lowest BCUT2D eigenvalue weighted by Crippen LogP contribution is -2.24. The van der Waals surface area contributed by atoms with Crippen molar-refractivity contribution in [3.8, 4) is 11.5 Å². The second-order valence-corrected chi connectivity index (χ2v) is 5.95. The third kappa shape index (κ3) is 5.89. The first-order valence-corrected chi connectivity index (χ1v) is 8.49. The average molecular weight is 421 g/mol. The number of carbonyl (C=O) groups is 2. The van der Waals surface area contributed by atoms with E-state index in [1.807, 2.05) is 0 Å². The van der Waals surface area contributed by atoms with Crippen LogP contribution in [0.1, 0.15) is 22.8 Å². The third-order valence-electron chi connectivity index (χ3n) is 3.12. The lowest BCUT2D eigenvalue weighted by atomic mass is 10.2. The summed E-state index contributed by atoms with van der Waals surface area (Å²) in [6.07, 6.45) is 1.33. The predicted octanol–water partition coefficient (Wildman–Crippen LogP) is 2.86. The first kappa shape index (κ1) is 19.5. The fourth-order valence-corrected chi connectivity index (χ4v) is 2.26. The molecule has 0 aliphatic carbocycles. The van der Waals surface area contributed by atoms with Crippen molar-refractivity contribution in [2.24, 2.45) is 5.10 Å². The van der Waals surface area contributed by atoms with Crippen molar-refractivity contribution < 1.29 is 24.2 Å². The van der Waals surface area contributed by atoms with E-state index in [-0.39, 0.29) is 12.4 Å². The highest BCUT2D eigenvalue weighted by Gasteiger charge is 2.07. The Labute approximate surface area is 158 Å². The predicted molar refractivity (Wildman–Crippen MR) is 99.4 cm³/mol. The highest BCUT2D eigenvalue weighted by molar-refractivity contribution is 9.10. The van der Waals surface area contributed by atoms with Gasteiger partial charge < -0.3 is 14.6 Å². The van der Waals surface area contributed by atoms with E-state index in [4.69, 9.17) is 9.47 Å². The van der Waals surface area contributed by atoms with E-state index in [0.29, 0.717) is 23.5 Å². The number of phenols is 1. The molecule has 0 radical (unpaired) electrons. The van der Waals surface area contributed by atoms with Gasteiger partial charge in [0.25, 0.3) is 5.91 Å². The lowest BCUT2D eigenvalue weighted by molar-refractivity contribution is -0.123. The van der Waals surface area contributed by atoms with Crippen LogP contribution in [-0.4, -0.2) is 36.4 Å². The largest absolute Gasteiger partial charge is 0.507 e. The van der Waals surface area contributed by atoms with Crippen molar-refractivity contribution >= 4 is 34.0 Å². The quantitative estimate of drug-likeness (QED) is 0.407. The van der Waals surface area contributed by atoms with Gasteiger partial charge in [-0.3, -0.25) is 4.79 Å². The van der Waals surface area contributed by atoms with Crippen LogP contribution in [0.15, 0.2) is 52.0 Å². The number of benzene rings is 2. The summed E-state index contributed by atoms with van der Waals surface area (Å²) in [4.78, 5) is 23.3. The summed E-state index contributed by atoms with van der Waals surface area (Å²) in [5, 5.41) is 13.4. The number of hydrazone groups is 1. The third-order valence-corrected chi connectivity index (χ3v) is 3.61. The molecule has 0 bridgehead atoms. The maximum atomic E-state index is 11.7. The number of carbonyl (C=O) groups excluding carboxylic acids is 2. The fourth-order valence-electron chi connectivity index (χ4n) is 1.89. The van der Waals surface area contributed by atoms with Crippen molar-refractivity contribution in [1.82, 2.24) is 5.43 Å². The molecule has 2 N–H and O–H groups in total. The van der Waals surface area contributed by atoms with Crippen LogP contribution in [-0.2, 0) is 9.53 Å². The molecule has 1 amide bonds. The van der Waals surface area contributed by atoms with E-state index in [2.05, 4.69) is 26.5 Å². The molecule has 0 aliphatic rings. The van der Waals surface area contributed by atoms with Gasteiger partial charge >= 0.3 is 5.97 Å². The van der Waals surface area contributed by atoms with Gasteiger partial charge in [0.05, 0.1) is 18.4 Å². The van der Waals surface area contributed by atoms with Gasteiger partial charge in [0.2, 0.25) is 0 Å². The Morgan fingerprint density at radius 1 is 1.23 bits per heavy atom. The number of rotatable bonds is 7. The molecule has 0 aromatic heterocycles. The molecule has 0 heterocycles. The zero-order valence-electron chi connectivity index (χ0n) is 13.9. The number of esters is 1. The number of phenolic OH excluding ortho intramolecular Hbond substituents is 1. The minimum atomic E-state index is -0.467. The highest BCUT2D eigenvalue weighted by atomic mass is 79.9. The molecule has 136 valence electrons. The van der Waals surface area contributed by atoms with Crippen LogP contribution >= 0.6 is 15.9 Å². The molecule has 0 spiro atoms. The van der Waals surface area contributed by atoms with Crippen molar-refractivity contribution in [2.45, 2.75) is 6.92 Å². The van der Waals surface area contributed by atoms with Gasteiger partial charge in [-0.1, -0.05) is 15.9 Å². The van der Waals surface area contributed by atoms with E-state index in [1.165, 1.54) is 12.3 Å². The van der Waals surface area contributed by atoms with Crippen molar-refractivity contribution in [3.63, 3.8) is 0 Å². The van der Waals surface area contributed by atoms with E-state index in [0.717, 1.165) is 4.47 Å². The minimum absolute atomic E-state index is 0.0455. The second kappa shape index (κ2) is 9.57. The Kier molecular flexibility index (Phi) is 7.16. The summed E-state index contributed by atoms with van der Waals surface area (Å²) >= 11 is 3.28. The van der Waals surface area contributed by atoms with Gasteiger partial charge in [0.15, 0.2) is 6.61 Å². The molecular weight excluding hydrogens is 404 g/mol. The number of hydrogen-bond donors (Lipinski definition) is 2. The Bertz CT molecular complexity index is 806. The van der Waals surface area contributed by atoms with Crippen molar-refractivity contribution in [2.75, 3.05) is 13.2 Å². The first-order chi connectivity index (χ1) is 12.5. The summed E-state index contributed by atoms with van der Waals surface area (Å²) in [6, 6.07) is 11.1. The Morgan fingerprint density at radius 2 is 1.96 bits per heavy atom. The van der Waals surface area contributed by atoms with Crippen molar-refractivity contribution in [3.05, 3.63) is 58.1 Å². The molecule has 2 aromatic rings.